The molecule has 0 aliphatic carbocycles. The molecule has 0 aliphatic rings. The van der Waals surface area contributed by atoms with E-state index in [4.69, 9.17) is 9.47 Å². The molecule has 6 nitrogen and oxygen atoms in total. The number of hydrogen-bond donors (Lipinski definition) is 0. The first-order valence-corrected chi connectivity index (χ1v) is 10.0. The van der Waals surface area contributed by atoms with Gasteiger partial charge in [-0.3, -0.25) is 14.2 Å². The SMILES string of the molecule is O=C(Cn1cnc2ccccc2c1=O)OCCOC(c1ccccc1)c1ccccc1. The van der Waals surface area contributed by atoms with Gasteiger partial charge in [-0.15, -0.1) is 0 Å². The van der Waals surface area contributed by atoms with Crippen LogP contribution in [0.1, 0.15) is 17.2 Å². The van der Waals surface area contributed by atoms with E-state index in [1.807, 2.05) is 66.7 Å². The summed E-state index contributed by atoms with van der Waals surface area (Å²) in [5.74, 6) is -0.515. The second-order valence-electron chi connectivity index (χ2n) is 6.99. The van der Waals surface area contributed by atoms with Crippen LogP contribution in [0, 0.1) is 0 Å². The number of para-hydroxylation sites is 1. The molecule has 0 saturated carbocycles. The zero-order chi connectivity index (χ0) is 21.5. The predicted molar refractivity (Wildman–Crippen MR) is 118 cm³/mol. The van der Waals surface area contributed by atoms with E-state index in [1.165, 1.54) is 10.9 Å². The molecule has 0 bridgehead atoms. The molecule has 0 saturated heterocycles. The lowest BCUT2D eigenvalue weighted by Crippen LogP contribution is -2.26. The minimum Gasteiger partial charge on any atom is -0.462 e. The molecule has 0 amide bonds. The van der Waals surface area contributed by atoms with Gasteiger partial charge in [0, 0.05) is 0 Å². The minimum atomic E-state index is -0.515. The lowest BCUT2D eigenvalue weighted by Gasteiger charge is -2.19. The average Bonchev–Trinajstić information content (AvgIpc) is 2.82. The zero-order valence-corrected chi connectivity index (χ0v) is 16.9. The predicted octanol–water partition coefficient (Wildman–Crippen LogP) is 3.75. The number of fused-ring (bicyclic) bond motifs is 1. The maximum Gasteiger partial charge on any atom is 0.326 e. The monoisotopic (exact) mass is 414 g/mol. The summed E-state index contributed by atoms with van der Waals surface area (Å²) in [7, 11) is 0. The van der Waals surface area contributed by atoms with Gasteiger partial charge in [0.05, 0.1) is 23.8 Å². The molecule has 0 N–H and O–H groups in total. The molecule has 3 aromatic carbocycles. The highest BCUT2D eigenvalue weighted by atomic mass is 16.6. The summed E-state index contributed by atoms with van der Waals surface area (Å²) in [6.45, 7) is 0.118. The van der Waals surface area contributed by atoms with Gasteiger partial charge in [-0.1, -0.05) is 72.8 Å². The van der Waals surface area contributed by atoms with Crippen molar-refractivity contribution in [2.24, 2.45) is 0 Å². The molecule has 0 atom stereocenters. The maximum atomic E-state index is 12.5. The van der Waals surface area contributed by atoms with E-state index in [0.717, 1.165) is 11.1 Å². The van der Waals surface area contributed by atoms with Gasteiger partial charge in [-0.2, -0.15) is 0 Å². The number of nitrogens with zero attached hydrogens (tertiary/aromatic N) is 2. The highest BCUT2D eigenvalue weighted by Crippen LogP contribution is 2.25. The van der Waals surface area contributed by atoms with Gasteiger partial charge in [0.2, 0.25) is 0 Å². The first-order chi connectivity index (χ1) is 15.2. The van der Waals surface area contributed by atoms with E-state index in [2.05, 4.69) is 4.98 Å². The molecule has 4 aromatic rings. The summed E-state index contributed by atoms with van der Waals surface area (Å²) >= 11 is 0. The Morgan fingerprint density at radius 3 is 2.13 bits per heavy atom. The zero-order valence-electron chi connectivity index (χ0n) is 16.9. The van der Waals surface area contributed by atoms with Crippen molar-refractivity contribution in [1.29, 1.82) is 0 Å². The van der Waals surface area contributed by atoms with Crippen molar-refractivity contribution in [3.05, 3.63) is 113 Å². The van der Waals surface area contributed by atoms with Crippen molar-refractivity contribution in [2.75, 3.05) is 13.2 Å². The van der Waals surface area contributed by atoms with Gasteiger partial charge in [-0.25, -0.2) is 4.98 Å². The van der Waals surface area contributed by atoms with E-state index in [-0.39, 0.29) is 31.4 Å². The van der Waals surface area contributed by atoms with Gasteiger partial charge >= 0.3 is 5.97 Å². The molecule has 6 heteroatoms. The molecule has 31 heavy (non-hydrogen) atoms. The smallest absolute Gasteiger partial charge is 0.326 e. The number of carbonyl (C=O) groups is 1. The summed E-state index contributed by atoms with van der Waals surface area (Å²) in [5, 5.41) is 0.467. The molecular weight excluding hydrogens is 392 g/mol. The van der Waals surface area contributed by atoms with Crippen LogP contribution in [0.15, 0.2) is 96.1 Å². The summed E-state index contributed by atoms with van der Waals surface area (Å²) in [4.78, 5) is 28.9. The molecule has 0 spiro atoms. The lowest BCUT2D eigenvalue weighted by atomic mass is 10.0. The fraction of sp³-hybridized carbons (Fsp3) is 0.160. The second-order valence-corrected chi connectivity index (χ2v) is 6.99. The molecular formula is C25H22N2O4. The number of benzene rings is 3. The number of esters is 1. The number of rotatable bonds is 8. The van der Waals surface area contributed by atoms with Crippen molar-refractivity contribution in [2.45, 2.75) is 12.6 Å². The normalized spacial score (nSPS) is 11.0. The molecule has 1 aromatic heterocycles. The summed E-state index contributed by atoms with van der Waals surface area (Å²) in [6, 6.07) is 26.8. The fourth-order valence-electron chi connectivity index (χ4n) is 3.37. The van der Waals surface area contributed by atoms with Crippen LogP contribution in [0.2, 0.25) is 0 Å². The number of hydrogen-bond acceptors (Lipinski definition) is 5. The van der Waals surface area contributed by atoms with Gasteiger partial charge in [-0.05, 0) is 23.3 Å². The summed E-state index contributed by atoms with van der Waals surface area (Å²) < 4.78 is 12.6. The topological polar surface area (TPSA) is 70.4 Å². The Morgan fingerprint density at radius 1 is 0.839 bits per heavy atom. The van der Waals surface area contributed by atoms with Crippen molar-refractivity contribution in [3.63, 3.8) is 0 Å². The van der Waals surface area contributed by atoms with E-state index in [0.29, 0.717) is 10.9 Å². The van der Waals surface area contributed by atoms with Crippen LogP contribution in [0.5, 0.6) is 0 Å². The first kappa shape index (κ1) is 20.5. The highest BCUT2D eigenvalue weighted by molar-refractivity contribution is 5.77. The van der Waals surface area contributed by atoms with Crippen LogP contribution in [-0.2, 0) is 20.8 Å². The Balaban J connectivity index is 1.35. The second kappa shape index (κ2) is 9.82. The molecule has 4 rings (SSSR count). The number of aromatic nitrogens is 2. The quantitative estimate of drug-likeness (QED) is 0.324. The van der Waals surface area contributed by atoms with Crippen LogP contribution in [0.3, 0.4) is 0 Å². The van der Waals surface area contributed by atoms with Gasteiger partial charge in [0.15, 0.2) is 0 Å². The van der Waals surface area contributed by atoms with Crippen LogP contribution in [-0.4, -0.2) is 28.7 Å². The third-order valence-electron chi connectivity index (χ3n) is 4.87. The Hall–Kier alpha value is -3.77. The Bertz CT molecular complexity index is 1170. The van der Waals surface area contributed by atoms with Crippen LogP contribution in [0.25, 0.3) is 10.9 Å². The fourth-order valence-corrected chi connectivity index (χ4v) is 3.37. The lowest BCUT2D eigenvalue weighted by molar-refractivity contribution is -0.146. The van der Waals surface area contributed by atoms with Crippen molar-refractivity contribution in [1.82, 2.24) is 9.55 Å². The van der Waals surface area contributed by atoms with Crippen molar-refractivity contribution in [3.8, 4) is 0 Å². The molecule has 0 fully saturated rings. The Morgan fingerprint density at radius 2 is 1.45 bits per heavy atom. The van der Waals surface area contributed by atoms with Crippen molar-refractivity contribution >= 4 is 16.9 Å². The molecule has 156 valence electrons. The van der Waals surface area contributed by atoms with Crippen LogP contribution < -0.4 is 5.56 Å². The summed E-state index contributed by atoms with van der Waals surface area (Å²) in [6.07, 6.45) is 1.11. The first-order valence-electron chi connectivity index (χ1n) is 10.0. The highest BCUT2D eigenvalue weighted by Gasteiger charge is 2.15. The van der Waals surface area contributed by atoms with Crippen LogP contribution >= 0.6 is 0 Å². The summed E-state index contributed by atoms with van der Waals surface area (Å²) in [5.41, 5.74) is 2.37. The maximum absolute atomic E-state index is 12.5. The molecule has 0 radical (unpaired) electrons. The number of carbonyl (C=O) groups excluding carboxylic acids is 1. The van der Waals surface area contributed by atoms with E-state index in [9.17, 15) is 9.59 Å². The van der Waals surface area contributed by atoms with E-state index < -0.39 is 5.97 Å². The van der Waals surface area contributed by atoms with Gasteiger partial charge < -0.3 is 9.47 Å². The van der Waals surface area contributed by atoms with E-state index in [1.54, 1.807) is 18.2 Å². The van der Waals surface area contributed by atoms with Crippen molar-refractivity contribution < 1.29 is 14.3 Å². The van der Waals surface area contributed by atoms with Gasteiger partial charge in [0.25, 0.3) is 5.56 Å². The Kier molecular flexibility index (Phi) is 6.50. The largest absolute Gasteiger partial charge is 0.462 e. The molecule has 0 aliphatic heterocycles. The third kappa shape index (κ3) is 5.05. The minimum absolute atomic E-state index is 0.0881. The number of ether oxygens (including phenoxy) is 2. The molecule has 0 unspecified atom stereocenters. The standard InChI is InChI=1S/C25H22N2O4/c28-23(17-27-18-26-22-14-8-7-13-21(22)25(27)29)30-15-16-31-24(19-9-3-1-4-10-19)20-11-5-2-6-12-20/h1-14,18,24H,15-17H2. The third-order valence-corrected chi connectivity index (χ3v) is 4.87. The molecule has 1 heterocycles. The average molecular weight is 414 g/mol. The van der Waals surface area contributed by atoms with Gasteiger partial charge in [0.1, 0.15) is 19.3 Å². The Labute approximate surface area is 179 Å². The van der Waals surface area contributed by atoms with E-state index >= 15 is 0 Å². The van der Waals surface area contributed by atoms with Crippen LogP contribution in [0.4, 0.5) is 0 Å².